The summed E-state index contributed by atoms with van der Waals surface area (Å²) in [5, 5.41) is 11.7. The Morgan fingerprint density at radius 3 is 2.61 bits per heavy atom. The van der Waals surface area contributed by atoms with Crippen LogP contribution < -0.4 is 15.5 Å². The van der Waals surface area contributed by atoms with Crippen molar-refractivity contribution >= 4 is 17.3 Å². The number of nitrogens with zero attached hydrogens (tertiary/aromatic N) is 5. The number of aromatic nitrogens is 4. The van der Waals surface area contributed by atoms with Crippen molar-refractivity contribution in [2.75, 3.05) is 23.3 Å². The van der Waals surface area contributed by atoms with Gasteiger partial charge in [0.1, 0.15) is 5.82 Å². The monoisotopic (exact) mass is 525 g/mol. The van der Waals surface area contributed by atoms with Crippen LogP contribution in [0, 0.1) is 24.4 Å². The second-order valence-electron chi connectivity index (χ2n) is 10.2. The van der Waals surface area contributed by atoms with Crippen molar-refractivity contribution in [2.24, 2.45) is 0 Å². The van der Waals surface area contributed by atoms with Crippen LogP contribution in [-0.2, 0) is 0 Å². The van der Waals surface area contributed by atoms with E-state index in [-0.39, 0.29) is 29.4 Å². The number of aryl methyl sites for hydroxylation is 1. The highest BCUT2D eigenvalue weighted by Gasteiger charge is 2.30. The van der Waals surface area contributed by atoms with Gasteiger partial charge >= 0.3 is 0 Å². The van der Waals surface area contributed by atoms with Crippen LogP contribution in [0.2, 0.25) is 0 Å². The summed E-state index contributed by atoms with van der Waals surface area (Å²) in [7, 11) is 0. The molecule has 1 aromatic carbocycles. The molecule has 0 radical (unpaired) electrons. The molecule has 3 atom stereocenters. The number of halogens is 3. The molecule has 4 heterocycles. The number of oxazole rings is 1. The van der Waals surface area contributed by atoms with E-state index in [1.165, 1.54) is 6.20 Å². The Kier molecular flexibility index (Phi) is 6.69. The van der Waals surface area contributed by atoms with Crippen LogP contribution in [0.4, 0.5) is 24.9 Å². The zero-order valence-electron chi connectivity index (χ0n) is 21.1. The van der Waals surface area contributed by atoms with Crippen molar-refractivity contribution < 1.29 is 17.6 Å². The molecule has 6 rings (SSSR count). The van der Waals surface area contributed by atoms with Gasteiger partial charge in [-0.05, 0) is 56.9 Å². The van der Waals surface area contributed by atoms with Crippen LogP contribution in [0.5, 0.6) is 0 Å². The van der Waals surface area contributed by atoms with Crippen LogP contribution in [0.15, 0.2) is 41.1 Å². The minimum absolute atomic E-state index is 0.0989. The normalized spacial score (nSPS) is 22.2. The van der Waals surface area contributed by atoms with E-state index in [1.807, 2.05) is 23.7 Å². The Morgan fingerprint density at radius 1 is 1.00 bits per heavy atom. The molecule has 1 aliphatic heterocycles. The molecule has 3 unspecified atom stereocenters. The minimum Gasteiger partial charge on any atom is -0.424 e. The number of hydrogen-bond donors (Lipinski definition) is 2. The van der Waals surface area contributed by atoms with Gasteiger partial charge in [-0.15, -0.1) is 0 Å². The molecule has 11 heteroatoms. The predicted octanol–water partition coefficient (Wildman–Crippen LogP) is 5.09. The van der Waals surface area contributed by atoms with Crippen LogP contribution in [0.25, 0.3) is 17.0 Å². The lowest BCUT2D eigenvalue weighted by Crippen LogP contribution is -2.54. The van der Waals surface area contributed by atoms with Crippen molar-refractivity contribution in [2.45, 2.75) is 63.6 Å². The lowest BCUT2D eigenvalue weighted by molar-refractivity contribution is 0.290. The van der Waals surface area contributed by atoms with E-state index < -0.39 is 17.5 Å². The molecule has 0 amide bonds. The van der Waals surface area contributed by atoms with E-state index in [9.17, 15) is 13.2 Å². The molecule has 8 nitrogen and oxygen atoms in total. The van der Waals surface area contributed by atoms with Gasteiger partial charge in [0.25, 0.3) is 6.01 Å². The Balaban J connectivity index is 1.12. The van der Waals surface area contributed by atoms with Gasteiger partial charge in [-0.2, -0.15) is 5.10 Å². The lowest BCUT2D eigenvalue weighted by atomic mass is 9.89. The highest BCUT2D eigenvalue weighted by molar-refractivity contribution is 5.58. The summed E-state index contributed by atoms with van der Waals surface area (Å²) >= 11 is 0. The number of pyridine rings is 1. The molecule has 200 valence electrons. The first-order valence-electron chi connectivity index (χ1n) is 13.1. The van der Waals surface area contributed by atoms with Gasteiger partial charge in [0.2, 0.25) is 0 Å². The minimum atomic E-state index is -1.50. The first-order valence-corrected chi connectivity index (χ1v) is 13.1. The van der Waals surface area contributed by atoms with E-state index in [0.29, 0.717) is 6.04 Å². The number of anilines is 2. The summed E-state index contributed by atoms with van der Waals surface area (Å²) in [5.41, 5.74) is 2.08. The number of nitrogens with one attached hydrogen (secondary N) is 2. The summed E-state index contributed by atoms with van der Waals surface area (Å²) in [6.45, 7) is 3.78. The van der Waals surface area contributed by atoms with Crippen molar-refractivity contribution in [3.63, 3.8) is 0 Å². The first-order chi connectivity index (χ1) is 18.4. The molecule has 2 N–H and O–H groups in total. The SMILES string of the molecule is Cc1nc2ccc(N3CCCC(NC4CCCCC4Nc4ncc(-c5cc(F)c(F)c(F)c5)o4)C3)cn2n1. The third-order valence-corrected chi connectivity index (χ3v) is 7.51. The summed E-state index contributed by atoms with van der Waals surface area (Å²) in [5.74, 6) is -3.10. The van der Waals surface area contributed by atoms with Gasteiger partial charge in [-0.3, -0.25) is 0 Å². The second-order valence-corrected chi connectivity index (χ2v) is 10.2. The van der Waals surface area contributed by atoms with Gasteiger partial charge in [-0.1, -0.05) is 12.8 Å². The average Bonchev–Trinajstić information content (AvgIpc) is 3.53. The zero-order valence-corrected chi connectivity index (χ0v) is 21.1. The number of rotatable bonds is 6. The lowest BCUT2D eigenvalue weighted by Gasteiger charge is -2.40. The quantitative estimate of drug-likeness (QED) is 0.339. The third kappa shape index (κ3) is 5.07. The fourth-order valence-electron chi connectivity index (χ4n) is 5.65. The number of benzene rings is 1. The molecular formula is C27H30F3N7O. The van der Waals surface area contributed by atoms with Crippen molar-refractivity contribution in [1.82, 2.24) is 24.9 Å². The molecule has 2 aliphatic rings. The number of piperidine rings is 1. The molecule has 1 saturated heterocycles. The smallest absolute Gasteiger partial charge is 0.295 e. The molecule has 4 aromatic rings. The molecule has 3 aromatic heterocycles. The van der Waals surface area contributed by atoms with Crippen LogP contribution >= 0.6 is 0 Å². The zero-order chi connectivity index (χ0) is 26.2. The third-order valence-electron chi connectivity index (χ3n) is 7.51. The average molecular weight is 526 g/mol. The highest BCUT2D eigenvalue weighted by atomic mass is 19.2. The van der Waals surface area contributed by atoms with Crippen molar-refractivity contribution in [3.05, 3.63) is 59.9 Å². The van der Waals surface area contributed by atoms with E-state index in [1.54, 1.807) is 0 Å². The molecule has 2 fully saturated rings. The molecular weight excluding hydrogens is 495 g/mol. The standard InChI is InChI=1S/C27H30F3N7O/c1-16-32-25-9-8-19(15-37(25)35-16)36-10-4-5-18(14-36)33-22-6-2-3-7-23(22)34-27-31-13-24(38-27)17-11-20(28)26(30)21(29)12-17/h8-9,11-13,15,18,22-23,33H,2-7,10,14H2,1H3,(H,31,34). The summed E-state index contributed by atoms with van der Waals surface area (Å²) in [6.07, 6.45) is 9.83. The van der Waals surface area contributed by atoms with Crippen LogP contribution in [0.3, 0.4) is 0 Å². The van der Waals surface area contributed by atoms with Gasteiger partial charge in [-0.25, -0.2) is 27.7 Å². The second kappa shape index (κ2) is 10.3. The van der Waals surface area contributed by atoms with Gasteiger partial charge in [0, 0.05) is 36.8 Å². The molecule has 0 bridgehead atoms. The molecule has 38 heavy (non-hydrogen) atoms. The first kappa shape index (κ1) is 24.7. The maximum absolute atomic E-state index is 13.7. The topological polar surface area (TPSA) is 83.5 Å². The van der Waals surface area contributed by atoms with Gasteiger partial charge < -0.3 is 20.0 Å². The van der Waals surface area contributed by atoms with E-state index in [4.69, 9.17) is 4.42 Å². The predicted molar refractivity (Wildman–Crippen MR) is 138 cm³/mol. The van der Waals surface area contributed by atoms with Crippen molar-refractivity contribution in [3.8, 4) is 11.3 Å². The highest BCUT2D eigenvalue weighted by Crippen LogP contribution is 2.29. The van der Waals surface area contributed by atoms with Gasteiger partial charge in [0.05, 0.1) is 18.1 Å². The Morgan fingerprint density at radius 2 is 1.79 bits per heavy atom. The fourth-order valence-corrected chi connectivity index (χ4v) is 5.65. The Hall–Kier alpha value is -3.60. The molecule has 0 spiro atoms. The Labute approximate surface area is 218 Å². The van der Waals surface area contributed by atoms with Crippen molar-refractivity contribution in [1.29, 1.82) is 0 Å². The van der Waals surface area contributed by atoms with E-state index in [0.717, 1.165) is 80.9 Å². The number of hydrogen-bond acceptors (Lipinski definition) is 7. The summed E-state index contributed by atoms with van der Waals surface area (Å²) in [4.78, 5) is 11.1. The Bertz CT molecular complexity index is 1410. The largest absolute Gasteiger partial charge is 0.424 e. The van der Waals surface area contributed by atoms with E-state index >= 15 is 0 Å². The number of fused-ring (bicyclic) bond motifs is 1. The van der Waals surface area contributed by atoms with Crippen LogP contribution in [-0.4, -0.2) is 50.8 Å². The summed E-state index contributed by atoms with van der Waals surface area (Å²) < 4.78 is 48.3. The molecule has 1 saturated carbocycles. The van der Waals surface area contributed by atoms with Gasteiger partial charge in [0.15, 0.2) is 28.9 Å². The summed E-state index contributed by atoms with van der Waals surface area (Å²) in [6, 6.07) is 6.86. The van der Waals surface area contributed by atoms with E-state index in [2.05, 4.69) is 36.7 Å². The van der Waals surface area contributed by atoms with Crippen LogP contribution in [0.1, 0.15) is 44.3 Å². The maximum atomic E-state index is 13.7. The maximum Gasteiger partial charge on any atom is 0.295 e. The molecule has 1 aliphatic carbocycles. The fraction of sp³-hybridized carbons (Fsp3) is 0.444.